The van der Waals surface area contributed by atoms with Crippen LogP contribution in [0.3, 0.4) is 0 Å². The fourth-order valence-electron chi connectivity index (χ4n) is 1.69. The normalized spacial score (nSPS) is 10.1. The van der Waals surface area contributed by atoms with E-state index >= 15 is 0 Å². The molecule has 0 bridgehead atoms. The number of hydrogen-bond acceptors (Lipinski definition) is 2. The Bertz CT molecular complexity index is 572. The molecule has 4 heteroatoms. The predicted octanol–water partition coefficient (Wildman–Crippen LogP) is 2.36. The summed E-state index contributed by atoms with van der Waals surface area (Å²) in [4.78, 5) is 15.3. The summed E-state index contributed by atoms with van der Waals surface area (Å²) in [5.41, 5.74) is 2.99. The van der Waals surface area contributed by atoms with Crippen molar-refractivity contribution in [3.63, 3.8) is 0 Å². The zero-order valence-electron chi connectivity index (χ0n) is 10.3. The largest absolute Gasteiger partial charge is 0.330 e. The van der Waals surface area contributed by atoms with E-state index in [-0.39, 0.29) is 5.91 Å². The molecule has 0 aliphatic heterocycles. The number of amides is 1. The van der Waals surface area contributed by atoms with Crippen molar-refractivity contribution < 1.29 is 4.79 Å². The fourth-order valence-corrected chi connectivity index (χ4v) is 1.69. The van der Waals surface area contributed by atoms with Crippen LogP contribution >= 0.6 is 0 Å². The summed E-state index contributed by atoms with van der Waals surface area (Å²) in [6.07, 6.45) is 4.88. The molecule has 0 saturated heterocycles. The van der Waals surface area contributed by atoms with Crippen LogP contribution in [0.5, 0.6) is 0 Å². The summed E-state index contributed by atoms with van der Waals surface area (Å²) in [6.45, 7) is 6.18. The molecule has 0 spiro atoms. The van der Waals surface area contributed by atoms with Crippen molar-refractivity contribution in [3.8, 4) is 0 Å². The van der Waals surface area contributed by atoms with Gasteiger partial charge in [-0.15, -0.1) is 0 Å². The molecular weight excluding hydrogens is 226 g/mol. The summed E-state index contributed by atoms with van der Waals surface area (Å²) in [6, 6.07) is 7.73. The molecular formula is C14H15N3O. The van der Waals surface area contributed by atoms with E-state index in [0.717, 1.165) is 23.5 Å². The summed E-state index contributed by atoms with van der Waals surface area (Å²) in [5, 5.41) is 2.74. The van der Waals surface area contributed by atoms with Crippen LogP contribution in [-0.4, -0.2) is 15.5 Å². The molecule has 0 aliphatic rings. The fraction of sp³-hybridized carbons (Fsp3) is 0.143. The van der Waals surface area contributed by atoms with Crippen LogP contribution in [-0.2, 0) is 11.3 Å². The molecule has 4 nitrogen and oxygen atoms in total. The smallest absolute Gasteiger partial charge is 0.247 e. The van der Waals surface area contributed by atoms with Gasteiger partial charge in [0.05, 0.1) is 6.33 Å². The first-order valence-corrected chi connectivity index (χ1v) is 5.68. The van der Waals surface area contributed by atoms with Crippen molar-refractivity contribution >= 4 is 11.6 Å². The number of nitrogens with zero attached hydrogens (tertiary/aromatic N) is 2. The molecule has 0 unspecified atom stereocenters. The van der Waals surface area contributed by atoms with Crippen LogP contribution in [0.2, 0.25) is 0 Å². The highest BCUT2D eigenvalue weighted by Crippen LogP contribution is 2.12. The van der Waals surface area contributed by atoms with E-state index in [1.807, 2.05) is 37.4 Å². The molecule has 2 rings (SSSR count). The van der Waals surface area contributed by atoms with E-state index in [0.29, 0.717) is 0 Å². The third-order valence-electron chi connectivity index (χ3n) is 2.65. The maximum Gasteiger partial charge on any atom is 0.247 e. The summed E-state index contributed by atoms with van der Waals surface area (Å²) in [7, 11) is 0. The van der Waals surface area contributed by atoms with Crippen molar-refractivity contribution in [2.24, 2.45) is 0 Å². The lowest BCUT2D eigenvalue weighted by molar-refractivity contribution is -0.111. The SMILES string of the molecule is C=CC(=O)Nc1cccc(Cn2cncc2C)c1. The third-order valence-corrected chi connectivity index (χ3v) is 2.65. The van der Waals surface area contributed by atoms with Gasteiger partial charge in [-0.25, -0.2) is 4.98 Å². The number of benzene rings is 1. The van der Waals surface area contributed by atoms with Crippen LogP contribution in [0.1, 0.15) is 11.3 Å². The molecule has 0 atom stereocenters. The first kappa shape index (κ1) is 12.1. The summed E-state index contributed by atoms with van der Waals surface area (Å²) >= 11 is 0. The van der Waals surface area contributed by atoms with Gasteiger partial charge in [-0.2, -0.15) is 0 Å². The zero-order valence-corrected chi connectivity index (χ0v) is 10.3. The topological polar surface area (TPSA) is 46.9 Å². The van der Waals surface area contributed by atoms with Crippen LogP contribution in [0.25, 0.3) is 0 Å². The Morgan fingerprint density at radius 2 is 2.39 bits per heavy atom. The molecule has 0 aliphatic carbocycles. The standard InChI is InChI=1S/C14H15N3O/c1-3-14(18)16-13-6-4-5-12(7-13)9-17-10-15-8-11(17)2/h3-8,10H,1,9H2,2H3,(H,16,18). The number of carbonyl (C=O) groups is 1. The van der Waals surface area contributed by atoms with Gasteiger partial charge in [0.2, 0.25) is 5.91 Å². The lowest BCUT2D eigenvalue weighted by Crippen LogP contribution is -2.08. The highest BCUT2D eigenvalue weighted by Gasteiger charge is 2.01. The molecule has 1 heterocycles. The van der Waals surface area contributed by atoms with Gasteiger partial charge in [0.15, 0.2) is 0 Å². The van der Waals surface area contributed by atoms with Gasteiger partial charge >= 0.3 is 0 Å². The Kier molecular flexibility index (Phi) is 3.57. The molecule has 0 fully saturated rings. The maximum absolute atomic E-state index is 11.2. The Labute approximate surface area is 106 Å². The molecule has 1 N–H and O–H groups in total. The van der Waals surface area contributed by atoms with Crippen molar-refractivity contribution in [2.75, 3.05) is 5.32 Å². The minimum Gasteiger partial charge on any atom is -0.330 e. The minimum absolute atomic E-state index is 0.203. The number of aromatic nitrogens is 2. The van der Waals surface area contributed by atoms with Crippen LogP contribution in [0.15, 0.2) is 49.4 Å². The Morgan fingerprint density at radius 3 is 3.06 bits per heavy atom. The second-order valence-electron chi connectivity index (χ2n) is 4.06. The second-order valence-corrected chi connectivity index (χ2v) is 4.06. The molecule has 18 heavy (non-hydrogen) atoms. The number of imidazole rings is 1. The molecule has 0 saturated carbocycles. The number of rotatable bonds is 4. The number of anilines is 1. The summed E-state index contributed by atoms with van der Waals surface area (Å²) in [5.74, 6) is -0.203. The molecule has 92 valence electrons. The van der Waals surface area contributed by atoms with Crippen molar-refractivity contribution in [3.05, 3.63) is 60.7 Å². The van der Waals surface area contributed by atoms with Gasteiger partial charge < -0.3 is 9.88 Å². The molecule has 1 aromatic heterocycles. The predicted molar refractivity (Wildman–Crippen MR) is 71.3 cm³/mol. The lowest BCUT2D eigenvalue weighted by atomic mass is 10.2. The number of aryl methyl sites for hydroxylation is 1. The zero-order chi connectivity index (χ0) is 13.0. The van der Waals surface area contributed by atoms with E-state index in [2.05, 4.69) is 21.4 Å². The highest BCUT2D eigenvalue weighted by molar-refractivity contribution is 5.98. The van der Waals surface area contributed by atoms with Gasteiger partial charge in [-0.05, 0) is 30.7 Å². The van der Waals surface area contributed by atoms with Gasteiger partial charge in [-0.3, -0.25) is 4.79 Å². The number of carbonyl (C=O) groups excluding carboxylic acids is 1. The van der Waals surface area contributed by atoms with Crippen LogP contribution in [0.4, 0.5) is 5.69 Å². The summed E-state index contributed by atoms with van der Waals surface area (Å²) < 4.78 is 2.05. The van der Waals surface area contributed by atoms with Gasteiger partial charge in [-0.1, -0.05) is 18.7 Å². The van der Waals surface area contributed by atoms with Gasteiger partial charge in [0.1, 0.15) is 0 Å². The van der Waals surface area contributed by atoms with Crippen LogP contribution in [0, 0.1) is 6.92 Å². The second kappa shape index (κ2) is 5.31. The maximum atomic E-state index is 11.2. The lowest BCUT2D eigenvalue weighted by Gasteiger charge is -2.08. The van der Waals surface area contributed by atoms with E-state index in [1.54, 1.807) is 6.33 Å². The Balaban J connectivity index is 2.15. The first-order valence-electron chi connectivity index (χ1n) is 5.68. The van der Waals surface area contributed by atoms with Crippen molar-refractivity contribution in [1.82, 2.24) is 9.55 Å². The molecule has 0 radical (unpaired) electrons. The number of hydrogen-bond donors (Lipinski definition) is 1. The van der Waals surface area contributed by atoms with Gasteiger partial charge in [0.25, 0.3) is 0 Å². The average molecular weight is 241 g/mol. The van der Waals surface area contributed by atoms with E-state index in [9.17, 15) is 4.79 Å². The number of nitrogens with one attached hydrogen (secondary N) is 1. The Hall–Kier alpha value is -2.36. The van der Waals surface area contributed by atoms with Crippen molar-refractivity contribution in [2.45, 2.75) is 13.5 Å². The third kappa shape index (κ3) is 2.85. The quantitative estimate of drug-likeness (QED) is 0.835. The first-order chi connectivity index (χ1) is 8.69. The minimum atomic E-state index is -0.203. The Morgan fingerprint density at radius 1 is 1.56 bits per heavy atom. The van der Waals surface area contributed by atoms with Gasteiger partial charge in [0, 0.05) is 24.1 Å². The monoisotopic (exact) mass is 241 g/mol. The molecule has 1 amide bonds. The van der Waals surface area contributed by atoms with E-state index in [4.69, 9.17) is 0 Å². The van der Waals surface area contributed by atoms with E-state index < -0.39 is 0 Å². The molecule has 2 aromatic rings. The van der Waals surface area contributed by atoms with Crippen molar-refractivity contribution in [1.29, 1.82) is 0 Å². The average Bonchev–Trinajstić information content (AvgIpc) is 2.75. The van der Waals surface area contributed by atoms with E-state index in [1.165, 1.54) is 6.08 Å². The molecule has 1 aromatic carbocycles. The van der Waals surface area contributed by atoms with Crippen LogP contribution < -0.4 is 5.32 Å². The highest BCUT2D eigenvalue weighted by atomic mass is 16.1.